The Hall–Kier alpha value is -3.84. The first-order valence-corrected chi connectivity index (χ1v) is 9.22. The highest BCUT2D eigenvalue weighted by molar-refractivity contribution is 6.34. The Morgan fingerprint density at radius 2 is 1.93 bits per heavy atom. The average molecular weight is 423 g/mol. The molecule has 0 spiro atoms. The summed E-state index contributed by atoms with van der Waals surface area (Å²) in [7, 11) is 1.20. The number of fused-ring (bicyclic) bond motifs is 1. The third kappa shape index (κ3) is 3.46. The van der Waals surface area contributed by atoms with Crippen molar-refractivity contribution < 1.29 is 23.8 Å². The van der Waals surface area contributed by atoms with E-state index in [-0.39, 0.29) is 22.2 Å². The summed E-state index contributed by atoms with van der Waals surface area (Å²) in [5.74, 6) is -1.18. The molecule has 8 heteroatoms. The van der Waals surface area contributed by atoms with Crippen molar-refractivity contribution in [2.45, 2.75) is 0 Å². The summed E-state index contributed by atoms with van der Waals surface area (Å²) < 4.78 is 10.7. The molecule has 2 aromatic heterocycles. The number of hydrogen-bond acceptors (Lipinski definition) is 5. The maximum absolute atomic E-state index is 12.6. The number of carboxylic acids is 1. The van der Waals surface area contributed by atoms with Gasteiger partial charge in [0.25, 0.3) is 0 Å². The van der Waals surface area contributed by atoms with Gasteiger partial charge in [0.05, 0.1) is 23.5 Å². The highest BCUT2D eigenvalue weighted by Crippen LogP contribution is 2.37. The number of furan rings is 1. The molecule has 2 heterocycles. The number of carboxylic acid groups (broad SMARTS) is 1. The Labute approximate surface area is 176 Å². The van der Waals surface area contributed by atoms with Gasteiger partial charge in [0.15, 0.2) is 0 Å². The SMILES string of the molecule is COC(=O)N(c1cc2cc(-c3ccccn3)ccc2o1)c1cccc(Cl)c1C(=O)O. The maximum atomic E-state index is 12.6. The molecule has 4 aromatic rings. The van der Waals surface area contributed by atoms with Crippen LogP contribution in [0.5, 0.6) is 0 Å². The van der Waals surface area contributed by atoms with E-state index in [1.165, 1.54) is 19.2 Å². The number of carbonyl (C=O) groups excluding carboxylic acids is 1. The number of pyridine rings is 1. The highest BCUT2D eigenvalue weighted by atomic mass is 35.5. The predicted molar refractivity (Wildman–Crippen MR) is 112 cm³/mol. The van der Waals surface area contributed by atoms with E-state index in [1.807, 2.05) is 30.3 Å². The van der Waals surface area contributed by atoms with Crippen LogP contribution in [0.3, 0.4) is 0 Å². The molecule has 0 aliphatic carbocycles. The lowest BCUT2D eigenvalue weighted by Crippen LogP contribution is -2.27. The van der Waals surface area contributed by atoms with Crippen LogP contribution in [0.4, 0.5) is 16.4 Å². The van der Waals surface area contributed by atoms with Crippen molar-refractivity contribution in [2.24, 2.45) is 0 Å². The number of hydrogen-bond donors (Lipinski definition) is 1. The molecule has 4 rings (SSSR count). The Bertz CT molecular complexity index is 1250. The van der Waals surface area contributed by atoms with Crippen LogP contribution in [0.15, 0.2) is 71.3 Å². The molecule has 30 heavy (non-hydrogen) atoms. The van der Waals surface area contributed by atoms with Crippen molar-refractivity contribution in [3.63, 3.8) is 0 Å². The normalized spacial score (nSPS) is 10.7. The minimum Gasteiger partial charge on any atom is -0.478 e. The molecule has 0 aliphatic rings. The van der Waals surface area contributed by atoms with Crippen LogP contribution in [0.25, 0.3) is 22.2 Å². The van der Waals surface area contributed by atoms with Crippen molar-refractivity contribution >= 4 is 46.2 Å². The summed E-state index contributed by atoms with van der Waals surface area (Å²) in [5.41, 5.74) is 1.96. The molecule has 0 saturated carbocycles. The lowest BCUT2D eigenvalue weighted by atomic mass is 10.1. The largest absolute Gasteiger partial charge is 0.478 e. The molecule has 7 nitrogen and oxygen atoms in total. The zero-order valence-electron chi connectivity index (χ0n) is 15.7. The van der Waals surface area contributed by atoms with Gasteiger partial charge in [-0.3, -0.25) is 4.98 Å². The number of amides is 1. The quantitative estimate of drug-likeness (QED) is 0.450. The lowest BCUT2D eigenvalue weighted by Gasteiger charge is -2.20. The summed E-state index contributed by atoms with van der Waals surface area (Å²) >= 11 is 6.07. The average Bonchev–Trinajstić information content (AvgIpc) is 3.16. The van der Waals surface area contributed by atoms with E-state index < -0.39 is 12.1 Å². The number of ether oxygens (including phenoxy) is 1. The van der Waals surface area contributed by atoms with Crippen molar-refractivity contribution in [1.29, 1.82) is 0 Å². The van der Waals surface area contributed by atoms with Crippen LogP contribution in [-0.2, 0) is 4.74 Å². The van der Waals surface area contributed by atoms with Crippen LogP contribution in [0.1, 0.15) is 10.4 Å². The van der Waals surface area contributed by atoms with Crippen LogP contribution in [0.2, 0.25) is 5.02 Å². The molecular weight excluding hydrogens is 408 g/mol. The van der Waals surface area contributed by atoms with Crippen LogP contribution < -0.4 is 4.90 Å². The monoisotopic (exact) mass is 422 g/mol. The summed E-state index contributed by atoms with van der Waals surface area (Å²) in [6.45, 7) is 0. The van der Waals surface area contributed by atoms with E-state index in [9.17, 15) is 14.7 Å². The highest BCUT2D eigenvalue weighted by Gasteiger charge is 2.28. The first kappa shape index (κ1) is 19.5. The van der Waals surface area contributed by atoms with Crippen molar-refractivity contribution in [3.05, 3.63) is 77.4 Å². The minimum absolute atomic E-state index is 0.0116. The second-order valence-corrected chi connectivity index (χ2v) is 6.70. The zero-order valence-corrected chi connectivity index (χ0v) is 16.5. The molecule has 0 radical (unpaired) electrons. The minimum atomic E-state index is -1.28. The van der Waals surface area contributed by atoms with Crippen molar-refractivity contribution in [2.75, 3.05) is 12.0 Å². The van der Waals surface area contributed by atoms with Crippen LogP contribution in [0, 0.1) is 0 Å². The number of rotatable bonds is 4. The third-order valence-corrected chi connectivity index (χ3v) is 4.80. The van der Waals surface area contributed by atoms with Crippen LogP contribution in [-0.4, -0.2) is 29.3 Å². The number of methoxy groups -OCH3 is 1. The number of halogens is 1. The molecule has 0 fully saturated rings. The molecule has 0 unspecified atom stereocenters. The van der Waals surface area contributed by atoms with E-state index in [2.05, 4.69) is 4.98 Å². The van der Waals surface area contributed by atoms with Gasteiger partial charge in [0.1, 0.15) is 11.1 Å². The fourth-order valence-corrected chi connectivity index (χ4v) is 3.39. The van der Waals surface area contributed by atoms with E-state index in [0.717, 1.165) is 16.2 Å². The fourth-order valence-electron chi connectivity index (χ4n) is 3.14. The number of nitrogens with zero attached hydrogens (tertiary/aromatic N) is 2. The molecule has 150 valence electrons. The number of aromatic carboxylic acids is 1. The molecule has 1 amide bonds. The van der Waals surface area contributed by atoms with Crippen LogP contribution >= 0.6 is 11.6 Å². The molecule has 2 aromatic carbocycles. The van der Waals surface area contributed by atoms with Gasteiger partial charge in [0, 0.05) is 23.2 Å². The Morgan fingerprint density at radius 3 is 2.63 bits per heavy atom. The molecule has 0 atom stereocenters. The summed E-state index contributed by atoms with van der Waals surface area (Å²) in [6, 6.07) is 17.1. The van der Waals surface area contributed by atoms with E-state index in [0.29, 0.717) is 11.0 Å². The second kappa shape index (κ2) is 7.88. The first-order valence-electron chi connectivity index (χ1n) is 8.84. The number of carbonyl (C=O) groups is 2. The second-order valence-electron chi connectivity index (χ2n) is 6.30. The van der Waals surface area contributed by atoms with Gasteiger partial charge in [-0.05, 0) is 42.5 Å². The number of anilines is 2. The molecule has 0 bridgehead atoms. The Morgan fingerprint density at radius 1 is 1.10 bits per heavy atom. The summed E-state index contributed by atoms with van der Waals surface area (Å²) in [6.07, 6.45) is 0.884. The first-order chi connectivity index (χ1) is 14.5. The van der Waals surface area contributed by atoms with Gasteiger partial charge in [0.2, 0.25) is 5.88 Å². The molecule has 0 saturated heterocycles. The van der Waals surface area contributed by atoms with Gasteiger partial charge in [-0.2, -0.15) is 0 Å². The topological polar surface area (TPSA) is 92.9 Å². The van der Waals surface area contributed by atoms with Crippen molar-refractivity contribution in [3.8, 4) is 11.3 Å². The molecule has 1 N–H and O–H groups in total. The maximum Gasteiger partial charge on any atom is 0.421 e. The Kier molecular flexibility index (Phi) is 5.12. The van der Waals surface area contributed by atoms with Gasteiger partial charge in [-0.25, -0.2) is 14.5 Å². The van der Waals surface area contributed by atoms with E-state index in [4.69, 9.17) is 20.8 Å². The number of benzene rings is 2. The van der Waals surface area contributed by atoms with Gasteiger partial charge in [-0.15, -0.1) is 0 Å². The van der Waals surface area contributed by atoms with Gasteiger partial charge >= 0.3 is 12.1 Å². The van der Waals surface area contributed by atoms with E-state index in [1.54, 1.807) is 24.4 Å². The lowest BCUT2D eigenvalue weighted by molar-refractivity contribution is 0.0698. The Balaban J connectivity index is 1.86. The summed E-state index contributed by atoms with van der Waals surface area (Å²) in [5, 5.41) is 10.3. The smallest absolute Gasteiger partial charge is 0.421 e. The number of aromatic nitrogens is 1. The predicted octanol–water partition coefficient (Wildman–Crippen LogP) is 5.75. The van der Waals surface area contributed by atoms with Crippen molar-refractivity contribution in [1.82, 2.24) is 4.98 Å². The summed E-state index contributed by atoms with van der Waals surface area (Å²) in [4.78, 5) is 29.7. The zero-order chi connectivity index (χ0) is 21.3. The van der Waals surface area contributed by atoms with E-state index >= 15 is 0 Å². The third-order valence-electron chi connectivity index (χ3n) is 4.49. The molecule has 0 aliphatic heterocycles. The van der Waals surface area contributed by atoms with Gasteiger partial charge in [-0.1, -0.05) is 23.7 Å². The fraction of sp³-hybridized carbons (Fsp3) is 0.0455. The standard InChI is InChI=1S/C22H15ClN2O5/c1-29-22(28)25(17-7-4-5-15(23)20(17)21(26)27)19-12-14-11-13(8-9-18(14)30-19)16-6-2-3-10-24-16/h2-12H,1H3,(H,26,27). The molecular formula is C22H15ClN2O5. The van der Waals surface area contributed by atoms with Gasteiger partial charge < -0.3 is 14.3 Å².